The number of benzene rings is 2. The molecule has 2 aliphatic rings. The first-order valence-electron chi connectivity index (χ1n) is 12.2. The number of nitro benzene ring substituents is 1. The molecule has 2 unspecified atom stereocenters. The van der Waals surface area contributed by atoms with Crippen LogP contribution in [0.5, 0.6) is 0 Å². The summed E-state index contributed by atoms with van der Waals surface area (Å²) in [6.45, 7) is -0.300. The number of non-ortho nitro benzene ring substituents is 1. The third kappa shape index (κ3) is 4.81. The monoisotopic (exact) mass is 607 g/mol. The number of pyridine rings is 1. The van der Waals surface area contributed by atoms with Crippen LogP contribution in [-0.4, -0.2) is 37.4 Å². The topological polar surface area (TPSA) is 145 Å². The summed E-state index contributed by atoms with van der Waals surface area (Å²) in [5, 5.41) is 13.9. The van der Waals surface area contributed by atoms with Crippen LogP contribution in [0.15, 0.2) is 82.9 Å². The number of anilines is 2. The maximum Gasteiger partial charge on any atom is 0.308 e. The second-order valence-electron chi connectivity index (χ2n) is 9.29. The predicted octanol–water partition coefficient (Wildman–Crippen LogP) is 4.30. The highest BCUT2D eigenvalue weighted by atomic mass is 35.5. The van der Waals surface area contributed by atoms with Gasteiger partial charge in [0.2, 0.25) is 17.7 Å². The zero-order valence-corrected chi connectivity index (χ0v) is 23.2. The number of amides is 3. The number of rotatable bonds is 6. The third-order valence-corrected chi connectivity index (χ3v) is 9.70. The molecule has 4 heterocycles. The first-order chi connectivity index (χ1) is 19.7. The van der Waals surface area contributed by atoms with Crippen molar-refractivity contribution in [1.29, 1.82) is 0 Å². The van der Waals surface area contributed by atoms with E-state index in [9.17, 15) is 29.3 Å². The van der Waals surface area contributed by atoms with Gasteiger partial charge in [0, 0.05) is 46.0 Å². The molecule has 14 heteroatoms. The number of hydrogen-bond donors (Lipinski definition) is 1. The molecule has 41 heavy (non-hydrogen) atoms. The Bertz CT molecular complexity index is 1760. The summed E-state index contributed by atoms with van der Waals surface area (Å²) in [5.74, 6) is -2.95. The van der Waals surface area contributed by atoms with E-state index in [1.54, 1.807) is 48.8 Å². The van der Waals surface area contributed by atoms with Gasteiger partial charge in [0.05, 0.1) is 21.6 Å². The minimum absolute atomic E-state index is 0.170. The van der Waals surface area contributed by atoms with Crippen molar-refractivity contribution in [1.82, 2.24) is 9.55 Å². The van der Waals surface area contributed by atoms with Crippen LogP contribution < -0.4 is 15.1 Å². The summed E-state index contributed by atoms with van der Waals surface area (Å²) in [5.41, 5.74) is 1.20. The van der Waals surface area contributed by atoms with Crippen molar-refractivity contribution < 1.29 is 19.3 Å². The largest absolute Gasteiger partial charge is 0.325 e. The Kier molecular flexibility index (Phi) is 6.93. The number of nitrogens with one attached hydrogen (secondary N) is 1. The van der Waals surface area contributed by atoms with Crippen molar-refractivity contribution in [3.63, 3.8) is 0 Å². The van der Waals surface area contributed by atoms with Crippen molar-refractivity contribution >= 4 is 69.5 Å². The fraction of sp³-hybridized carbons (Fsp3) is 0.148. The van der Waals surface area contributed by atoms with Crippen LogP contribution in [0.3, 0.4) is 0 Å². The lowest BCUT2D eigenvalue weighted by molar-refractivity contribution is -0.384. The van der Waals surface area contributed by atoms with E-state index >= 15 is 0 Å². The van der Waals surface area contributed by atoms with Crippen LogP contribution in [0.25, 0.3) is 0 Å². The van der Waals surface area contributed by atoms with Gasteiger partial charge in [0.15, 0.2) is 0 Å². The number of thiazole rings is 1. The Morgan fingerprint density at radius 2 is 1.78 bits per heavy atom. The highest BCUT2D eigenvalue weighted by Gasteiger charge is 2.57. The van der Waals surface area contributed by atoms with Gasteiger partial charge in [-0.1, -0.05) is 40.8 Å². The lowest BCUT2D eigenvalue weighted by Gasteiger charge is -2.30. The Balaban J connectivity index is 1.38. The molecule has 1 saturated heterocycles. The summed E-state index contributed by atoms with van der Waals surface area (Å²) in [6.07, 6.45) is 3.18. The summed E-state index contributed by atoms with van der Waals surface area (Å²) in [7, 11) is 0. The molecule has 0 spiro atoms. The number of thioether (sulfide) groups is 1. The first-order valence-corrected chi connectivity index (χ1v) is 14.3. The molecule has 0 aliphatic carbocycles. The first kappa shape index (κ1) is 26.9. The van der Waals surface area contributed by atoms with E-state index in [1.165, 1.54) is 28.8 Å². The second kappa shape index (κ2) is 10.6. The molecule has 3 atom stereocenters. The maximum atomic E-state index is 13.8. The van der Waals surface area contributed by atoms with E-state index in [2.05, 4.69) is 10.3 Å². The fourth-order valence-corrected chi connectivity index (χ4v) is 7.93. The smallest absolute Gasteiger partial charge is 0.308 e. The molecule has 1 fully saturated rings. The average Bonchev–Trinajstić information content (AvgIpc) is 3.40. The second-order valence-corrected chi connectivity index (χ2v) is 11.9. The normalized spacial score (nSPS) is 19.5. The van der Waals surface area contributed by atoms with Gasteiger partial charge < -0.3 is 5.32 Å². The minimum atomic E-state index is -0.894. The molecule has 0 saturated carbocycles. The summed E-state index contributed by atoms with van der Waals surface area (Å²) in [6, 6.07) is 15.2. The molecule has 4 aromatic rings. The summed E-state index contributed by atoms with van der Waals surface area (Å²) in [4.78, 5) is 69.6. The van der Waals surface area contributed by atoms with Crippen LogP contribution >= 0.6 is 34.7 Å². The number of hydrogen-bond acceptors (Lipinski definition) is 9. The molecule has 2 aromatic carbocycles. The van der Waals surface area contributed by atoms with Crippen molar-refractivity contribution in [2.75, 3.05) is 10.2 Å². The van der Waals surface area contributed by atoms with Gasteiger partial charge in [-0.3, -0.25) is 38.8 Å². The third-order valence-electron chi connectivity index (χ3n) is 6.84. The van der Waals surface area contributed by atoms with Crippen LogP contribution in [0.4, 0.5) is 17.1 Å². The van der Waals surface area contributed by atoms with Gasteiger partial charge in [-0.2, -0.15) is 0 Å². The molecular weight excluding hydrogens is 590 g/mol. The number of nitrogens with zero attached hydrogens (tertiary/aromatic N) is 4. The van der Waals surface area contributed by atoms with Crippen LogP contribution in [0.2, 0.25) is 5.02 Å². The zero-order valence-electron chi connectivity index (χ0n) is 20.8. The Morgan fingerprint density at radius 1 is 1.05 bits per heavy atom. The minimum Gasteiger partial charge on any atom is -0.325 e. The summed E-state index contributed by atoms with van der Waals surface area (Å²) >= 11 is 7.92. The highest BCUT2D eigenvalue weighted by molar-refractivity contribution is 8.00. The van der Waals surface area contributed by atoms with Gasteiger partial charge in [-0.25, -0.2) is 4.90 Å². The zero-order chi connectivity index (χ0) is 28.8. The van der Waals surface area contributed by atoms with E-state index in [0.29, 0.717) is 26.2 Å². The molecule has 0 bridgehead atoms. The van der Waals surface area contributed by atoms with E-state index in [1.807, 2.05) is 0 Å². The standard InChI is InChI=1S/C27H18ClN5O6S2/c28-15-3-5-16(6-4-15)30-19(34)13-31-26-23(41-27(31)37)20(14-2-1-11-29-12-14)21-22(40-26)25(36)32(24(21)35)17-7-9-18(10-8-17)33(38)39/h1-12,20-22H,13H2,(H,30,34)/t20-,21?,22?/m1/s1. The number of nitro groups is 1. The van der Waals surface area contributed by atoms with Crippen molar-refractivity contribution in [3.8, 4) is 0 Å². The number of imide groups is 1. The van der Waals surface area contributed by atoms with Crippen LogP contribution in [0, 0.1) is 16.0 Å². The quantitative estimate of drug-likeness (QED) is 0.194. The molecular formula is C27H18ClN5O6S2. The van der Waals surface area contributed by atoms with Gasteiger partial charge in [0.25, 0.3) is 5.69 Å². The Labute approximate surface area is 244 Å². The predicted molar refractivity (Wildman–Crippen MR) is 153 cm³/mol. The van der Waals surface area contributed by atoms with Gasteiger partial charge in [-0.15, -0.1) is 0 Å². The number of carbonyl (C=O) groups is 3. The molecule has 11 nitrogen and oxygen atoms in total. The van der Waals surface area contributed by atoms with E-state index in [0.717, 1.165) is 28.0 Å². The van der Waals surface area contributed by atoms with E-state index in [4.69, 9.17) is 11.6 Å². The Hall–Kier alpha value is -4.33. The molecule has 1 N–H and O–H groups in total. The number of carbonyl (C=O) groups excluding carboxylic acids is 3. The molecule has 0 radical (unpaired) electrons. The number of fused-ring (bicyclic) bond motifs is 2. The lowest BCUT2D eigenvalue weighted by atomic mass is 9.84. The van der Waals surface area contributed by atoms with Crippen molar-refractivity contribution in [2.24, 2.45) is 5.92 Å². The van der Waals surface area contributed by atoms with E-state index < -0.39 is 44.6 Å². The summed E-state index contributed by atoms with van der Waals surface area (Å²) < 4.78 is 1.32. The van der Waals surface area contributed by atoms with Gasteiger partial charge >= 0.3 is 4.87 Å². The molecule has 206 valence electrons. The molecule has 2 aliphatic heterocycles. The average molecular weight is 608 g/mol. The fourth-order valence-electron chi connectivity index (χ4n) is 5.03. The lowest BCUT2D eigenvalue weighted by Crippen LogP contribution is -2.33. The number of halogens is 1. The van der Waals surface area contributed by atoms with Gasteiger partial charge in [-0.05, 0) is 48.0 Å². The van der Waals surface area contributed by atoms with Gasteiger partial charge in [0.1, 0.15) is 11.8 Å². The van der Waals surface area contributed by atoms with Crippen LogP contribution in [-0.2, 0) is 20.9 Å². The number of aromatic nitrogens is 2. The molecule has 3 amide bonds. The SMILES string of the molecule is O=C(Cn1c2c(sc1=O)[C@H](c1cccnc1)C1C(=O)N(c3ccc([N+](=O)[O-])cc3)C(=O)C1S2)Nc1ccc(Cl)cc1. The maximum absolute atomic E-state index is 13.8. The highest BCUT2D eigenvalue weighted by Crippen LogP contribution is 2.53. The Morgan fingerprint density at radius 3 is 2.44 bits per heavy atom. The van der Waals surface area contributed by atoms with Crippen molar-refractivity contribution in [3.05, 3.63) is 108 Å². The van der Waals surface area contributed by atoms with Crippen molar-refractivity contribution in [2.45, 2.75) is 22.7 Å². The van der Waals surface area contributed by atoms with Crippen LogP contribution in [0.1, 0.15) is 16.4 Å². The molecule has 2 aromatic heterocycles. The van der Waals surface area contributed by atoms with E-state index in [-0.39, 0.29) is 17.9 Å². The molecule has 6 rings (SSSR count).